The summed E-state index contributed by atoms with van der Waals surface area (Å²) in [5.74, 6) is 0.160. The molecule has 2 aromatic rings. The summed E-state index contributed by atoms with van der Waals surface area (Å²) in [6.07, 6.45) is 1.64. The topological polar surface area (TPSA) is 34.1 Å². The van der Waals surface area contributed by atoms with E-state index in [1.165, 1.54) is 6.07 Å². The second kappa shape index (κ2) is 7.38. The van der Waals surface area contributed by atoms with Gasteiger partial charge < -0.3 is 10.1 Å². The first-order valence-corrected chi connectivity index (χ1v) is 7.18. The third kappa shape index (κ3) is 4.69. The van der Waals surface area contributed by atoms with Crippen molar-refractivity contribution in [3.8, 4) is 5.75 Å². The zero-order valence-electron chi connectivity index (χ0n) is 12.1. The molecule has 0 aliphatic carbocycles. The monoisotopic (exact) mass is 308 g/mol. The van der Waals surface area contributed by atoms with Crippen LogP contribution in [-0.2, 0) is 13.2 Å². The fourth-order valence-electron chi connectivity index (χ4n) is 1.73. The Morgan fingerprint density at radius 1 is 1.29 bits per heavy atom. The minimum atomic E-state index is -0.440. The number of nitrogens with one attached hydrogen (secondary N) is 1. The fraction of sp³-hybridized carbons (Fsp3) is 0.312. The molecule has 0 aliphatic rings. The Labute approximate surface area is 129 Å². The van der Waals surface area contributed by atoms with E-state index < -0.39 is 5.82 Å². The summed E-state index contributed by atoms with van der Waals surface area (Å²) in [7, 11) is 0. The van der Waals surface area contributed by atoms with Crippen molar-refractivity contribution in [3.05, 3.63) is 58.6 Å². The highest BCUT2D eigenvalue weighted by Crippen LogP contribution is 2.19. The van der Waals surface area contributed by atoms with Crippen LogP contribution < -0.4 is 10.1 Å². The molecule has 5 heteroatoms. The van der Waals surface area contributed by atoms with Gasteiger partial charge in [0.05, 0.1) is 16.9 Å². The summed E-state index contributed by atoms with van der Waals surface area (Å²) >= 11 is 5.73. The van der Waals surface area contributed by atoms with Gasteiger partial charge in [0.2, 0.25) is 0 Å². The van der Waals surface area contributed by atoms with E-state index in [0.29, 0.717) is 23.9 Å². The lowest BCUT2D eigenvalue weighted by atomic mass is 10.2. The number of nitrogens with zero attached hydrogens (tertiary/aromatic N) is 1. The molecule has 112 valence electrons. The molecule has 0 saturated carbocycles. The smallest absolute Gasteiger partial charge is 0.148 e. The van der Waals surface area contributed by atoms with Crippen molar-refractivity contribution in [2.75, 3.05) is 0 Å². The molecule has 21 heavy (non-hydrogen) atoms. The van der Waals surface area contributed by atoms with Gasteiger partial charge in [-0.25, -0.2) is 4.39 Å². The van der Waals surface area contributed by atoms with Crippen LogP contribution in [0.15, 0.2) is 36.5 Å². The van der Waals surface area contributed by atoms with Gasteiger partial charge in [0, 0.05) is 18.2 Å². The van der Waals surface area contributed by atoms with Crippen molar-refractivity contribution >= 4 is 11.6 Å². The molecule has 0 aliphatic heterocycles. The summed E-state index contributed by atoms with van der Waals surface area (Å²) < 4.78 is 19.2. The quantitative estimate of drug-likeness (QED) is 0.877. The summed E-state index contributed by atoms with van der Waals surface area (Å²) in [4.78, 5) is 4.30. The number of ether oxygens (including phenoxy) is 1. The van der Waals surface area contributed by atoms with Gasteiger partial charge in [0.15, 0.2) is 0 Å². The molecular weight excluding hydrogens is 291 g/mol. The van der Waals surface area contributed by atoms with Crippen molar-refractivity contribution in [2.45, 2.75) is 33.0 Å². The highest BCUT2D eigenvalue weighted by Gasteiger charge is 2.07. The normalized spacial score (nSPS) is 10.9. The predicted molar refractivity (Wildman–Crippen MR) is 82.0 cm³/mol. The van der Waals surface area contributed by atoms with Gasteiger partial charge in [0.1, 0.15) is 18.2 Å². The summed E-state index contributed by atoms with van der Waals surface area (Å²) in [6, 6.07) is 8.98. The fourth-order valence-corrected chi connectivity index (χ4v) is 1.92. The molecule has 0 radical (unpaired) electrons. The van der Waals surface area contributed by atoms with Crippen molar-refractivity contribution < 1.29 is 9.13 Å². The maximum atomic E-state index is 13.7. The molecule has 0 saturated heterocycles. The lowest BCUT2D eigenvalue weighted by molar-refractivity contribution is 0.298. The number of hydrogen-bond acceptors (Lipinski definition) is 3. The molecule has 1 heterocycles. The van der Waals surface area contributed by atoms with Crippen LogP contribution in [0.25, 0.3) is 0 Å². The van der Waals surface area contributed by atoms with Crippen LogP contribution in [0, 0.1) is 5.82 Å². The van der Waals surface area contributed by atoms with Crippen molar-refractivity contribution in [2.24, 2.45) is 0 Å². The van der Waals surface area contributed by atoms with E-state index in [-0.39, 0.29) is 11.6 Å². The van der Waals surface area contributed by atoms with E-state index in [0.717, 1.165) is 5.69 Å². The summed E-state index contributed by atoms with van der Waals surface area (Å²) in [5.41, 5.74) is 1.36. The predicted octanol–water partition coefficient (Wildman–Crippen LogP) is 3.95. The minimum Gasteiger partial charge on any atom is -0.487 e. The van der Waals surface area contributed by atoms with Crippen LogP contribution in [0.2, 0.25) is 5.02 Å². The lowest BCUT2D eigenvalue weighted by Crippen LogP contribution is -2.22. The average molecular weight is 309 g/mol. The highest BCUT2D eigenvalue weighted by molar-refractivity contribution is 6.30. The lowest BCUT2D eigenvalue weighted by Gasteiger charge is -2.09. The van der Waals surface area contributed by atoms with Crippen LogP contribution in [0.3, 0.4) is 0 Å². The van der Waals surface area contributed by atoms with Crippen LogP contribution in [-0.4, -0.2) is 11.0 Å². The number of halogens is 2. The van der Waals surface area contributed by atoms with Gasteiger partial charge in [-0.15, -0.1) is 0 Å². The SMILES string of the molecule is CC(C)NCc1ccc(OCc2cccc(Cl)c2F)cn1. The Hall–Kier alpha value is -1.65. The summed E-state index contributed by atoms with van der Waals surface area (Å²) in [6.45, 7) is 4.99. The Balaban J connectivity index is 1.93. The molecule has 0 fully saturated rings. The number of aromatic nitrogens is 1. The van der Waals surface area contributed by atoms with Crippen molar-refractivity contribution in [1.82, 2.24) is 10.3 Å². The first-order valence-electron chi connectivity index (χ1n) is 6.80. The molecular formula is C16H18ClFN2O. The Kier molecular flexibility index (Phi) is 5.53. The molecule has 1 aromatic carbocycles. The molecule has 0 unspecified atom stereocenters. The standard InChI is InChI=1S/C16H18ClFN2O/c1-11(2)19-8-13-6-7-14(9-20-13)21-10-12-4-3-5-15(17)16(12)18/h3-7,9,11,19H,8,10H2,1-2H3. The first kappa shape index (κ1) is 15.7. The van der Waals surface area contributed by atoms with Gasteiger partial charge in [-0.05, 0) is 18.2 Å². The molecule has 0 atom stereocenters. The molecule has 1 aromatic heterocycles. The van der Waals surface area contributed by atoms with Crippen molar-refractivity contribution in [1.29, 1.82) is 0 Å². The number of pyridine rings is 1. The maximum Gasteiger partial charge on any atom is 0.148 e. The zero-order valence-corrected chi connectivity index (χ0v) is 12.8. The van der Waals surface area contributed by atoms with E-state index in [2.05, 4.69) is 24.1 Å². The second-order valence-electron chi connectivity index (χ2n) is 5.02. The molecule has 1 N–H and O–H groups in total. The van der Waals surface area contributed by atoms with Crippen LogP contribution >= 0.6 is 11.6 Å². The van der Waals surface area contributed by atoms with E-state index in [1.54, 1.807) is 18.3 Å². The average Bonchev–Trinajstić information content (AvgIpc) is 2.48. The van der Waals surface area contributed by atoms with Gasteiger partial charge in [-0.3, -0.25) is 4.98 Å². The third-order valence-corrected chi connectivity index (χ3v) is 3.21. The van der Waals surface area contributed by atoms with Gasteiger partial charge >= 0.3 is 0 Å². The first-order chi connectivity index (χ1) is 10.1. The molecule has 0 bridgehead atoms. The maximum absolute atomic E-state index is 13.7. The van der Waals surface area contributed by atoms with Gasteiger partial charge in [0.25, 0.3) is 0 Å². The van der Waals surface area contributed by atoms with E-state index in [1.807, 2.05) is 12.1 Å². The number of benzene rings is 1. The summed E-state index contributed by atoms with van der Waals surface area (Å²) in [5, 5.41) is 3.39. The van der Waals surface area contributed by atoms with Gasteiger partial charge in [-0.1, -0.05) is 37.6 Å². The Morgan fingerprint density at radius 2 is 2.10 bits per heavy atom. The van der Waals surface area contributed by atoms with Gasteiger partial charge in [-0.2, -0.15) is 0 Å². The van der Waals surface area contributed by atoms with Crippen LogP contribution in [0.5, 0.6) is 5.75 Å². The third-order valence-electron chi connectivity index (χ3n) is 2.91. The van der Waals surface area contributed by atoms with E-state index >= 15 is 0 Å². The number of hydrogen-bond donors (Lipinski definition) is 1. The highest BCUT2D eigenvalue weighted by atomic mass is 35.5. The van der Waals surface area contributed by atoms with Crippen molar-refractivity contribution in [3.63, 3.8) is 0 Å². The zero-order chi connectivity index (χ0) is 15.2. The largest absolute Gasteiger partial charge is 0.487 e. The van der Waals surface area contributed by atoms with E-state index in [9.17, 15) is 4.39 Å². The Morgan fingerprint density at radius 3 is 2.76 bits per heavy atom. The van der Waals surface area contributed by atoms with Crippen LogP contribution in [0.1, 0.15) is 25.1 Å². The Bertz CT molecular complexity index is 587. The second-order valence-corrected chi connectivity index (χ2v) is 5.43. The minimum absolute atomic E-state index is 0.101. The molecule has 3 nitrogen and oxygen atoms in total. The molecule has 0 spiro atoms. The van der Waals surface area contributed by atoms with Crippen LogP contribution in [0.4, 0.5) is 4.39 Å². The van der Waals surface area contributed by atoms with E-state index in [4.69, 9.17) is 16.3 Å². The molecule has 0 amide bonds. The number of rotatable bonds is 6. The molecule has 2 rings (SSSR count).